The Bertz CT molecular complexity index is 1470. The van der Waals surface area contributed by atoms with Crippen molar-refractivity contribution in [1.82, 2.24) is 35.0 Å². The van der Waals surface area contributed by atoms with Gasteiger partial charge < -0.3 is 10.6 Å². The molecule has 4 heterocycles. The zero-order valence-corrected chi connectivity index (χ0v) is 22.3. The van der Waals surface area contributed by atoms with Gasteiger partial charge in [-0.1, -0.05) is 0 Å². The molecule has 14 heteroatoms. The van der Waals surface area contributed by atoms with Gasteiger partial charge in [0.15, 0.2) is 5.65 Å². The van der Waals surface area contributed by atoms with Gasteiger partial charge in [0.1, 0.15) is 5.69 Å². The molecule has 41 heavy (non-hydrogen) atoms. The molecule has 0 bridgehead atoms. The largest absolute Gasteiger partial charge is 0.393 e. The third-order valence-electron chi connectivity index (χ3n) is 8.76. The average Bonchev–Trinajstić information content (AvgIpc) is 3.51. The normalized spacial score (nSPS) is 24.5. The zero-order chi connectivity index (χ0) is 29.2. The Morgan fingerprint density at radius 2 is 1.98 bits per heavy atom. The number of halogens is 5. The second-order valence-corrected chi connectivity index (χ2v) is 11.8. The highest BCUT2D eigenvalue weighted by Gasteiger charge is 2.63. The van der Waals surface area contributed by atoms with Crippen LogP contribution in [0.2, 0.25) is 0 Å². The fourth-order valence-electron chi connectivity index (χ4n) is 6.83. The van der Waals surface area contributed by atoms with Gasteiger partial charge in [0, 0.05) is 44.5 Å². The lowest BCUT2D eigenvalue weighted by molar-refractivity contribution is -0.210. The maximum Gasteiger partial charge on any atom is 0.393 e. The molecular formula is C27H30F5N7O2. The summed E-state index contributed by atoms with van der Waals surface area (Å²) in [4.78, 5) is 30.2. The number of aryl methyl sites for hydroxylation is 1. The summed E-state index contributed by atoms with van der Waals surface area (Å²) in [6.45, 7) is 1.92. The minimum atomic E-state index is -4.40. The Labute approximate surface area is 231 Å². The summed E-state index contributed by atoms with van der Waals surface area (Å²) in [5.41, 5.74) is 1.34. The van der Waals surface area contributed by atoms with Crippen LogP contribution in [0.3, 0.4) is 0 Å². The molecule has 2 aliphatic carbocycles. The molecule has 1 spiro atoms. The molecule has 3 aromatic rings. The lowest BCUT2D eigenvalue weighted by atomic mass is 9.49. The third-order valence-corrected chi connectivity index (χ3v) is 8.76. The summed E-state index contributed by atoms with van der Waals surface area (Å²) in [6, 6.07) is 4.32. The first-order valence-corrected chi connectivity index (χ1v) is 13.7. The number of carbonyl (C=O) groups is 2. The maximum atomic E-state index is 13.7. The summed E-state index contributed by atoms with van der Waals surface area (Å²) in [5, 5.41) is 14.0. The number of amides is 2. The Hall–Kier alpha value is -3.58. The lowest BCUT2D eigenvalue weighted by Gasteiger charge is -2.58. The molecule has 220 valence electrons. The van der Waals surface area contributed by atoms with Gasteiger partial charge in [-0.2, -0.15) is 23.4 Å². The Morgan fingerprint density at radius 1 is 1.22 bits per heavy atom. The summed E-state index contributed by atoms with van der Waals surface area (Å²) in [6.07, 6.45) is -0.749. The van der Waals surface area contributed by atoms with Gasteiger partial charge in [-0.3, -0.25) is 14.3 Å². The van der Waals surface area contributed by atoms with E-state index in [2.05, 4.69) is 25.8 Å². The van der Waals surface area contributed by atoms with Crippen LogP contribution in [0.15, 0.2) is 30.6 Å². The van der Waals surface area contributed by atoms with Crippen molar-refractivity contribution in [2.24, 2.45) is 23.2 Å². The van der Waals surface area contributed by atoms with Crippen LogP contribution < -0.4 is 10.6 Å². The summed E-state index contributed by atoms with van der Waals surface area (Å²) < 4.78 is 70.1. The van der Waals surface area contributed by atoms with Gasteiger partial charge in [-0.25, -0.2) is 18.3 Å². The van der Waals surface area contributed by atoms with E-state index in [-0.39, 0.29) is 37.5 Å². The molecule has 3 fully saturated rings. The van der Waals surface area contributed by atoms with Crippen molar-refractivity contribution < 1.29 is 31.5 Å². The monoisotopic (exact) mass is 579 g/mol. The van der Waals surface area contributed by atoms with E-state index in [1.165, 1.54) is 10.7 Å². The molecule has 1 aliphatic heterocycles. The van der Waals surface area contributed by atoms with Gasteiger partial charge in [0.25, 0.3) is 5.91 Å². The number of rotatable bonds is 7. The second kappa shape index (κ2) is 9.76. The number of hydrogen-bond acceptors (Lipinski definition) is 5. The number of piperidine rings is 1. The number of nitrogens with zero attached hydrogens (tertiary/aromatic N) is 5. The first kappa shape index (κ1) is 27.6. The molecule has 2 N–H and O–H groups in total. The summed E-state index contributed by atoms with van der Waals surface area (Å²) in [5.74, 6) is -6.02. The van der Waals surface area contributed by atoms with Crippen LogP contribution in [0, 0.1) is 23.2 Å². The highest BCUT2D eigenvalue weighted by molar-refractivity contribution is 5.92. The number of aromatic nitrogens is 5. The topological polar surface area (TPSA) is 106 Å². The molecule has 1 saturated heterocycles. The van der Waals surface area contributed by atoms with Crippen molar-refractivity contribution in [2.45, 2.75) is 70.1 Å². The predicted octanol–water partition coefficient (Wildman–Crippen LogP) is 4.10. The van der Waals surface area contributed by atoms with Crippen molar-refractivity contribution in [1.29, 1.82) is 0 Å². The molecule has 3 aromatic heterocycles. The fraction of sp³-hybridized carbons (Fsp3) is 0.593. The van der Waals surface area contributed by atoms with Crippen molar-refractivity contribution >= 4 is 17.5 Å². The molecule has 3 atom stereocenters. The number of hydrogen-bond donors (Lipinski definition) is 2. The number of alkyl halides is 5. The predicted molar refractivity (Wildman–Crippen MR) is 135 cm³/mol. The number of nitrogens with one attached hydrogen (secondary N) is 2. The SMILES string of the molecule is CCn1nccc1C(=O)NC(c1cn2nc(CC3C[C@@H](C(F)(F)F)CNC3=O)ccc2n1)C1CC2(C1)CC(F)(F)C2. The first-order valence-electron chi connectivity index (χ1n) is 13.7. The Kier molecular flexibility index (Phi) is 6.57. The quantitative estimate of drug-likeness (QED) is 0.410. The molecule has 3 aliphatic rings. The molecule has 2 amide bonds. The third kappa shape index (κ3) is 5.28. The molecule has 6 rings (SSSR count). The minimum Gasteiger partial charge on any atom is -0.355 e. The van der Waals surface area contributed by atoms with E-state index < -0.39 is 47.8 Å². The molecule has 9 nitrogen and oxygen atoms in total. The van der Waals surface area contributed by atoms with Crippen molar-refractivity contribution in [3.8, 4) is 0 Å². The second-order valence-electron chi connectivity index (χ2n) is 11.8. The highest BCUT2D eigenvalue weighted by atomic mass is 19.4. The van der Waals surface area contributed by atoms with E-state index in [0.29, 0.717) is 42.1 Å². The van der Waals surface area contributed by atoms with Crippen molar-refractivity contribution in [2.75, 3.05) is 6.54 Å². The van der Waals surface area contributed by atoms with E-state index in [1.54, 1.807) is 29.1 Å². The van der Waals surface area contributed by atoms with Crippen LogP contribution in [-0.4, -0.2) is 54.8 Å². The van der Waals surface area contributed by atoms with Crippen LogP contribution >= 0.6 is 0 Å². The van der Waals surface area contributed by atoms with Gasteiger partial charge >= 0.3 is 6.18 Å². The Balaban J connectivity index is 1.23. The molecule has 2 saturated carbocycles. The van der Waals surface area contributed by atoms with E-state index >= 15 is 0 Å². The Morgan fingerprint density at radius 3 is 2.66 bits per heavy atom. The fourth-order valence-corrected chi connectivity index (χ4v) is 6.83. The molecule has 0 radical (unpaired) electrons. The van der Waals surface area contributed by atoms with Gasteiger partial charge in [-0.05, 0) is 55.7 Å². The standard InChI is InChI=1S/C27H30F5N7O2/c1-2-38-20(5-6-34-38)24(41)36-22(16-9-25(10-16)13-26(28,29)14-25)19-12-39-21(35-19)4-3-18(37-39)8-15-7-17(27(30,31)32)11-33-23(15)40/h3-6,12,15-17,22H,2,7-11,13-14H2,1H3,(H,33,40)(H,36,41)/t15?,17-,22?/m1/s1. The van der Waals surface area contributed by atoms with Gasteiger partial charge in [0.2, 0.25) is 11.8 Å². The van der Waals surface area contributed by atoms with E-state index in [9.17, 15) is 31.5 Å². The van der Waals surface area contributed by atoms with Gasteiger partial charge in [-0.15, -0.1) is 0 Å². The number of imidazole rings is 1. The smallest absolute Gasteiger partial charge is 0.355 e. The number of carbonyl (C=O) groups excluding carboxylic acids is 2. The van der Waals surface area contributed by atoms with Crippen molar-refractivity contribution in [3.63, 3.8) is 0 Å². The van der Waals surface area contributed by atoms with Gasteiger partial charge in [0.05, 0.1) is 29.5 Å². The summed E-state index contributed by atoms with van der Waals surface area (Å²) in [7, 11) is 0. The van der Waals surface area contributed by atoms with E-state index in [4.69, 9.17) is 0 Å². The first-order chi connectivity index (χ1) is 19.3. The molecular weight excluding hydrogens is 549 g/mol. The van der Waals surface area contributed by atoms with E-state index in [1.807, 2.05) is 6.92 Å². The maximum absolute atomic E-state index is 13.7. The summed E-state index contributed by atoms with van der Waals surface area (Å²) >= 11 is 0. The minimum absolute atomic E-state index is 0.0302. The van der Waals surface area contributed by atoms with Crippen molar-refractivity contribution in [3.05, 3.63) is 47.7 Å². The van der Waals surface area contributed by atoms with E-state index in [0.717, 1.165) is 0 Å². The molecule has 0 aromatic carbocycles. The van der Waals surface area contributed by atoms with Crippen LogP contribution in [0.25, 0.3) is 5.65 Å². The van der Waals surface area contributed by atoms with Crippen LogP contribution in [0.1, 0.15) is 66.9 Å². The molecule has 2 unspecified atom stereocenters. The average molecular weight is 580 g/mol. The van der Waals surface area contributed by atoms with Crippen LogP contribution in [-0.2, 0) is 17.8 Å². The lowest BCUT2D eigenvalue weighted by Crippen LogP contribution is -2.56. The number of fused-ring (bicyclic) bond motifs is 1. The van der Waals surface area contributed by atoms with Crippen LogP contribution in [0.5, 0.6) is 0 Å². The van der Waals surface area contributed by atoms with Crippen LogP contribution in [0.4, 0.5) is 22.0 Å². The zero-order valence-electron chi connectivity index (χ0n) is 22.3. The highest BCUT2D eigenvalue weighted by Crippen LogP contribution is 2.66.